The summed E-state index contributed by atoms with van der Waals surface area (Å²) in [6, 6.07) is 6.21. The lowest BCUT2D eigenvalue weighted by atomic mass is 9.79. The topological polar surface area (TPSA) is 29.1 Å². The maximum atomic E-state index is 12.2. The third-order valence-corrected chi connectivity index (χ3v) is 4.99. The maximum absolute atomic E-state index is 12.2. The number of carbonyl (C=O) groups excluding carboxylic acids is 1. The van der Waals surface area contributed by atoms with Crippen LogP contribution in [0.1, 0.15) is 50.7 Å². The van der Waals surface area contributed by atoms with Crippen molar-refractivity contribution in [3.8, 4) is 0 Å². The molecule has 1 N–H and O–H groups in total. The average molecular weight is 308 g/mol. The number of nitrogens with one attached hydrogen (secondary N) is 1. The van der Waals surface area contributed by atoms with Gasteiger partial charge in [-0.15, -0.1) is 0 Å². The zero-order chi connectivity index (χ0) is 15.4. The van der Waals surface area contributed by atoms with Crippen LogP contribution in [0.2, 0.25) is 5.02 Å². The Morgan fingerprint density at radius 3 is 2.52 bits per heavy atom. The number of amides is 1. The lowest BCUT2D eigenvalue weighted by Crippen LogP contribution is -2.39. The second-order valence-electron chi connectivity index (χ2n) is 6.69. The van der Waals surface area contributed by atoms with E-state index in [1.807, 2.05) is 25.1 Å². The molecule has 116 valence electrons. The summed E-state index contributed by atoms with van der Waals surface area (Å²) in [5, 5.41) is 3.86. The molecule has 0 atom stereocenters. The zero-order valence-corrected chi connectivity index (χ0v) is 14.0. The smallest absolute Gasteiger partial charge is 0.224 e. The van der Waals surface area contributed by atoms with Crippen LogP contribution in [-0.4, -0.2) is 11.9 Å². The Morgan fingerprint density at radius 1 is 1.29 bits per heavy atom. The number of rotatable bonds is 4. The number of halogens is 1. The first kappa shape index (κ1) is 16.4. The van der Waals surface area contributed by atoms with Gasteiger partial charge in [-0.3, -0.25) is 4.79 Å². The molecule has 1 aromatic carbocycles. The fraction of sp³-hybridized carbons (Fsp3) is 0.611. The Bertz CT molecular complexity index is 490. The molecular weight excluding hydrogens is 282 g/mol. The van der Waals surface area contributed by atoms with Gasteiger partial charge in [-0.05, 0) is 61.6 Å². The van der Waals surface area contributed by atoms with E-state index in [2.05, 4.69) is 19.2 Å². The summed E-state index contributed by atoms with van der Waals surface area (Å²) >= 11 is 6.19. The Morgan fingerprint density at radius 2 is 1.95 bits per heavy atom. The molecule has 2 nitrogen and oxygen atoms in total. The first-order valence-electron chi connectivity index (χ1n) is 8.00. The number of hydrogen-bond acceptors (Lipinski definition) is 1. The Labute approximate surface area is 133 Å². The second kappa shape index (κ2) is 7.31. The van der Waals surface area contributed by atoms with Crippen LogP contribution in [0.4, 0.5) is 0 Å². The van der Waals surface area contributed by atoms with Gasteiger partial charge in [0.1, 0.15) is 0 Å². The molecule has 21 heavy (non-hydrogen) atoms. The molecule has 0 unspecified atom stereocenters. The van der Waals surface area contributed by atoms with Crippen molar-refractivity contribution in [1.29, 1.82) is 0 Å². The Hall–Kier alpha value is -1.02. The molecule has 0 radical (unpaired) electrons. The molecule has 0 bridgehead atoms. The quantitative estimate of drug-likeness (QED) is 0.870. The van der Waals surface area contributed by atoms with Gasteiger partial charge < -0.3 is 5.32 Å². The highest BCUT2D eigenvalue weighted by molar-refractivity contribution is 6.31. The summed E-state index contributed by atoms with van der Waals surface area (Å²) in [5.74, 6) is 1.67. The predicted molar refractivity (Wildman–Crippen MR) is 88.6 cm³/mol. The minimum absolute atomic E-state index is 0.0914. The minimum Gasteiger partial charge on any atom is -0.353 e. The maximum Gasteiger partial charge on any atom is 0.224 e. The van der Waals surface area contributed by atoms with Crippen LogP contribution in [0.5, 0.6) is 0 Å². The van der Waals surface area contributed by atoms with Crippen LogP contribution >= 0.6 is 11.6 Å². The molecule has 2 rings (SSSR count). The zero-order valence-electron chi connectivity index (χ0n) is 13.3. The molecule has 0 spiro atoms. The van der Waals surface area contributed by atoms with Crippen LogP contribution in [0.25, 0.3) is 0 Å². The molecule has 1 aliphatic rings. The number of hydrogen-bond donors (Lipinski definition) is 1. The second-order valence-corrected chi connectivity index (χ2v) is 7.10. The summed E-state index contributed by atoms with van der Waals surface area (Å²) in [4.78, 5) is 12.2. The van der Waals surface area contributed by atoms with Crippen molar-refractivity contribution in [1.82, 2.24) is 5.32 Å². The van der Waals surface area contributed by atoms with Gasteiger partial charge >= 0.3 is 0 Å². The molecular formula is C18H26ClNO. The van der Waals surface area contributed by atoms with Crippen molar-refractivity contribution in [2.75, 3.05) is 0 Å². The van der Waals surface area contributed by atoms with Gasteiger partial charge in [0.05, 0.1) is 6.42 Å². The molecule has 0 aromatic heterocycles. The van der Waals surface area contributed by atoms with Crippen molar-refractivity contribution in [3.05, 3.63) is 34.3 Å². The highest BCUT2D eigenvalue weighted by Gasteiger charge is 2.24. The molecule has 1 aliphatic carbocycles. The van der Waals surface area contributed by atoms with E-state index in [9.17, 15) is 4.79 Å². The first-order valence-corrected chi connectivity index (χ1v) is 8.38. The van der Waals surface area contributed by atoms with Gasteiger partial charge in [0, 0.05) is 11.1 Å². The fourth-order valence-electron chi connectivity index (χ4n) is 3.18. The molecule has 1 amide bonds. The number of carbonyl (C=O) groups is 1. The van der Waals surface area contributed by atoms with Crippen LogP contribution < -0.4 is 5.32 Å². The normalized spacial score (nSPS) is 22.3. The predicted octanol–water partition coefficient (Wildman–Crippen LogP) is 4.52. The van der Waals surface area contributed by atoms with Gasteiger partial charge in [-0.1, -0.05) is 37.6 Å². The van der Waals surface area contributed by atoms with E-state index in [4.69, 9.17) is 11.6 Å². The Kier molecular flexibility index (Phi) is 5.69. The minimum atomic E-state index is 0.0914. The van der Waals surface area contributed by atoms with Crippen molar-refractivity contribution in [2.45, 2.75) is 58.9 Å². The first-order chi connectivity index (χ1) is 9.95. The third-order valence-electron chi connectivity index (χ3n) is 4.64. The lowest BCUT2D eigenvalue weighted by Gasteiger charge is -2.31. The van der Waals surface area contributed by atoms with E-state index < -0.39 is 0 Å². The van der Waals surface area contributed by atoms with Crippen molar-refractivity contribution in [3.63, 3.8) is 0 Å². The molecule has 3 heteroatoms. The molecule has 0 aliphatic heterocycles. The number of aryl methyl sites for hydroxylation is 1. The molecule has 1 fully saturated rings. The van der Waals surface area contributed by atoms with Crippen molar-refractivity contribution < 1.29 is 4.79 Å². The summed E-state index contributed by atoms with van der Waals surface area (Å²) in [6.07, 6.45) is 5.05. The third kappa shape index (κ3) is 4.74. The van der Waals surface area contributed by atoms with Crippen LogP contribution in [0, 0.1) is 18.8 Å². The average Bonchev–Trinajstić information content (AvgIpc) is 2.42. The van der Waals surface area contributed by atoms with Gasteiger partial charge in [0.15, 0.2) is 0 Å². The van der Waals surface area contributed by atoms with E-state index in [0.717, 1.165) is 35.8 Å². The van der Waals surface area contributed by atoms with Gasteiger partial charge in [-0.25, -0.2) is 0 Å². The standard InChI is InChI=1S/C18H26ClNO/c1-12(2)14-6-8-16(9-7-14)20-18(21)11-15-5-4-13(3)10-17(15)19/h4-5,10,12,14,16H,6-9,11H2,1-3H3,(H,20,21). The highest BCUT2D eigenvalue weighted by Crippen LogP contribution is 2.30. The van der Waals surface area contributed by atoms with Crippen molar-refractivity contribution >= 4 is 17.5 Å². The monoisotopic (exact) mass is 307 g/mol. The van der Waals surface area contributed by atoms with Gasteiger partial charge in [-0.2, -0.15) is 0 Å². The van der Waals surface area contributed by atoms with E-state index >= 15 is 0 Å². The SMILES string of the molecule is Cc1ccc(CC(=O)NC2CCC(C(C)C)CC2)c(Cl)c1. The highest BCUT2D eigenvalue weighted by atomic mass is 35.5. The van der Waals surface area contributed by atoms with E-state index in [1.54, 1.807) is 0 Å². The van der Waals surface area contributed by atoms with Crippen LogP contribution in [-0.2, 0) is 11.2 Å². The Balaban J connectivity index is 1.83. The fourth-order valence-corrected chi connectivity index (χ4v) is 3.48. The van der Waals surface area contributed by atoms with Gasteiger partial charge in [0.2, 0.25) is 5.91 Å². The number of benzene rings is 1. The van der Waals surface area contributed by atoms with E-state index in [0.29, 0.717) is 17.5 Å². The van der Waals surface area contributed by atoms with Gasteiger partial charge in [0.25, 0.3) is 0 Å². The van der Waals surface area contributed by atoms with E-state index in [-0.39, 0.29) is 5.91 Å². The molecule has 1 aromatic rings. The summed E-state index contributed by atoms with van der Waals surface area (Å²) < 4.78 is 0. The lowest BCUT2D eigenvalue weighted by molar-refractivity contribution is -0.121. The summed E-state index contributed by atoms with van der Waals surface area (Å²) in [5.41, 5.74) is 2.03. The summed E-state index contributed by atoms with van der Waals surface area (Å²) in [6.45, 7) is 6.59. The summed E-state index contributed by atoms with van der Waals surface area (Å²) in [7, 11) is 0. The molecule has 1 saturated carbocycles. The van der Waals surface area contributed by atoms with Crippen LogP contribution in [0.15, 0.2) is 18.2 Å². The van der Waals surface area contributed by atoms with Crippen LogP contribution in [0.3, 0.4) is 0 Å². The van der Waals surface area contributed by atoms with E-state index in [1.165, 1.54) is 12.8 Å². The largest absolute Gasteiger partial charge is 0.353 e. The molecule has 0 saturated heterocycles. The molecule has 0 heterocycles. The van der Waals surface area contributed by atoms with Crippen molar-refractivity contribution in [2.24, 2.45) is 11.8 Å².